The summed E-state index contributed by atoms with van der Waals surface area (Å²) >= 11 is 0. The molecule has 6 nitrogen and oxygen atoms in total. The lowest BCUT2D eigenvalue weighted by molar-refractivity contribution is -0.137. The molecule has 0 aromatic carbocycles. The van der Waals surface area contributed by atoms with Crippen LogP contribution in [-0.2, 0) is 14.4 Å². The van der Waals surface area contributed by atoms with Gasteiger partial charge in [-0.05, 0) is 5.92 Å². The number of nitrogens with one attached hydrogen (secondary N) is 1. The summed E-state index contributed by atoms with van der Waals surface area (Å²) in [5.74, 6) is -1.80. The van der Waals surface area contributed by atoms with Gasteiger partial charge in [-0.2, -0.15) is 0 Å². The summed E-state index contributed by atoms with van der Waals surface area (Å²) in [4.78, 5) is 31.9. The van der Waals surface area contributed by atoms with Gasteiger partial charge in [0, 0.05) is 0 Å². The molecule has 0 bridgehead atoms. The third kappa shape index (κ3) is 5.11. The van der Waals surface area contributed by atoms with Crippen LogP contribution in [-0.4, -0.2) is 35.4 Å². The summed E-state index contributed by atoms with van der Waals surface area (Å²) in [5.41, 5.74) is 5.50. The molecule has 0 saturated carbocycles. The highest BCUT2D eigenvalue weighted by Gasteiger charge is 2.22. The molecule has 85 valence electrons. The van der Waals surface area contributed by atoms with E-state index < -0.39 is 30.4 Å². The van der Waals surface area contributed by atoms with E-state index in [1.807, 2.05) is 0 Å². The number of amides is 1. The Labute approximate surface area is 87.8 Å². The molecule has 0 saturated heterocycles. The fourth-order valence-corrected chi connectivity index (χ4v) is 0.867. The SMILES string of the molecule is CC(C)[C@H](N)C(=O)N[C@H]([C]=O)CC(=O)O. The highest BCUT2D eigenvalue weighted by molar-refractivity contribution is 5.86. The van der Waals surface area contributed by atoms with E-state index in [1.165, 1.54) is 6.29 Å². The minimum atomic E-state index is -1.18. The lowest BCUT2D eigenvalue weighted by Crippen LogP contribution is -2.48. The van der Waals surface area contributed by atoms with Gasteiger partial charge in [0.05, 0.1) is 12.5 Å². The van der Waals surface area contributed by atoms with E-state index in [2.05, 4.69) is 5.32 Å². The van der Waals surface area contributed by atoms with E-state index in [0.717, 1.165) is 0 Å². The Morgan fingerprint density at radius 2 is 2.00 bits per heavy atom. The normalized spacial score (nSPS) is 14.4. The van der Waals surface area contributed by atoms with Gasteiger partial charge in [-0.1, -0.05) is 13.8 Å². The topological polar surface area (TPSA) is 109 Å². The second-order valence-corrected chi connectivity index (χ2v) is 3.55. The average molecular weight is 215 g/mol. The predicted octanol–water partition coefficient (Wildman–Crippen LogP) is -0.961. The maximum atomic E-state index is 11.3. The third-order valence-electron chi connectivity index (χ3n) is 1.86. The van der Waals surface area contributed by atoms with Gasteiger partial charge in [0.2, 0.25) is 12.2 Å². The molecule has 1 amide bonds. The van der Waals surface area contributed by atoms with E-state index in [9.17, 15) is 14.4 Å². The summed E-state index contributed by atoms with van der Waals surface area (Å²) in [6.45, 7) is 3.50. The molecule has 0 aliphatic rings. The zero-order valence-corrected chi connectivity index (χ0v) is 8.69. The first kappa shape index (κ1) is 13.6. The Balaban J connectivity index is 4.24. The van der Waals surface area contributed by atoms with E-state index in [0.29, 0.717) is 0 Å². The van der Waals surface area contributed by atoms with Crippen LogP contribution in [0.25, 0.3) is 0 Å². The molecule has 0 aliphatic heterocycles. The smallest absolute Gasteiger partial charge is 0.305 e. The van der Waals surface area contributed by atoms with Gasteiger partial charge < -0.3 is 16.2 Å². The van der Waals surface area contributed by atoms with Crippen LogP contribution in [0.1, 0.15) is 20.3 Å². The van der Waals surface area contributed by atoms with Crippen molar-refractivity contribution in [1.29, 1.82) is 0 Å². The molecule has 1 radical (unpaired) electrons. The molecule has 0 aromatic heterocycles. The van der Waals surface area contributed by atoms with Crippen molar-refractivity contribution >= 4 is 18.2 Å². The summed E-state index contributed by atoms with van der Waals surface area (Å²) in [7, 11) is 0. The Hall–Kier alpha value is -1.43. The maximum absolute atomic E-state index is 11.3. The predicted molar refractivity (Wildman–Crippen MR) is 52.7 cm³/mol. The number of carboxylic acids is 1. The quantitative estimate of drug-likeness (QED) is 0.528. The summed E-state index contributed by atoms with van der Waals surface area (Å²) < 4.78 is 0. The Morgan fingerprint density at radius 3 is 2.33 bits per heavy atom. The van der Waals surface area contributed by atoms with Crippen LogP contribution in [0.5, 0.6) is 0 Å². The van der Waals surface area contributed by atoms with Crippen molar-refractivity contribution in [2.24, 2.45) is 11.7 Å². The first-order valence-corrected chi connectivity index (χ1v) is 4.54. The van der Waals surface area contributed by atoms with Crippen LogP contribution in [0.15, 0.2) is 0 Å². The molecule has 0 aromatic rings. The average Bonchev–Trinajstić information content (AvgIpc) is 2.14. The van der Waals surface area contributed by atoms with Crippen LogP contribution in [0.2, 0.25) is 0 Å². The fraction of sp³-hybridized carbons (Fsp3) is 0.667. The van der Waals surface area contributed by atoms with E-state index in [1.54, 1.807) is 13.8 Å². The maximum Gasteiger partial charge on any atom is 0.305 e. The Bertz CT molecular complexity index is 252. The van der Waals surface area contributed by atoms with Crippen LogP contribution < -0.4 is 11.1 Å². The van der Waals surface area contributed by atoms with Gasteiger partial charge in [-0.3, -0.25) is 14.4 Å². The standard InChI is InChI=1S/C9H15N2O4/c1-5(2)8(10)9(15)11-6(4-12)3-7(13)14/h5-6,8H,3,10H2,1-2H3,(H,11,15)(H,13,14)/t6-,8-/m0/s1. The number of carboxylic acid groups (broad SMARTS) is 1. The van der Waals surface area contributed by atoms with Gasteiger partial charge >= 0.3 is 5.97 Å². The molecule has 0 spiro atoms. The van der Waals surface area contributed by atoms with Crippen LogP contribution in [0.3, 0.4) is 0 Å². The number of hydrogen-bond acceptors (Lipinski definition) is 4. The molecular weight excluding hydrogens is 200 g/mol. The molecule has 0 fully saturated rings. The molecule has 0 rings (SSSR count). The number of carbonyl (C=O) groups is 2. The van der Waals surface area contributed by atoms with E-state index in [-0.39, 0.29) is 5.92 Å². The minimum absolute atomic E-state index is 0.0814. The largest absolute Gasteiger partial charge is 0.481 e. The van der Waals surface area contributed by atoms with Gasteiger partial charge in [-0.15, -0.1) is 0 Å². The zero-order chi connectivity index (χ0) is 12.0. The van der Waals surface area contributed by atoms with Crippen molar-refractivity contribution in [3.63, 3.8) is 0 Å². The second-order valence-electron chi connectivity index (χ2n) is 3.55. The second kappa shape index (κ2) is 6.13. The molecule has 6 heteroatoms. The molecule has 4 N–H and O–H groups in total. The number of aliphatic carboxylic acids is 1. The lowest BCUT2D eigenvalue weighted by Gasteiger charge is -2.17. The molecule has 0 heterocycles. The molecular formula is C9H15N2O4. The highest BCUT2D eigenvalue weighted by Crippen LogP contribution is 1.99. The van der Waals surface area contributed by atoms with Gasteiger partial charge in [0.1, 0.15) is 6.04 Å². The third-order valence-corrected chi connectivity index (χ3v) is 1.86. The van der Waals surface area contributed by atoms with Crippen LogP contribution in [0, 0.1) is 5.92 Å². The fourth-order valence-electron chi connectivity index (χ4n) is 0.867. The first-order valence-electron chi connectivity index (χ1n) is 4.54. The van der Waals surface area contributed by atoms with Crippen molar-refractivity contribution in [3.05, 3.63) is 0 Å². The van der Waals surface area contributed by atoms with Gasteiger partial charge in [0.25, 0.3) is 0 Å². The first-order chi connectivity index (χ1) is 6.88. The number of hydrogen-bond donors (Lipinski definition) is 3. The summed E-state index contributed by atoms with van der Waals surface area (Å²) in [5, 5.41) is 10.6. The van der Waals surface area contributed by atoms with E-state index in [4.69, 9.17) is 10.8 Å². The van der Waals surface area contributed by atoms with Gasteiger partial charge in [0.15, 0.2) is 0 Å². The van der Waals surface area contributed by atoms with Crippen molar-refractivity contribution < 1.29 is 19.5 Å². The number of rotatable bonds is 6. The van der Waals surface area contributed by atoms with Crippen molar-refractivity contribution in [2.75, 3.05) is 0 Å². The van der Waals surface area contributed by atoms with Crippen LogP contribution in [0.4, 0.5) is 0 Å². The van der Waals surface area contributed by atoms with Gasteiger partial charge in [-0.25, -0.2) is 0 Å². The van der Waals surface area contributed by atoms with Crippen LogP contribution >= 0.6 is 0 Å². The number of carbonyl (C=O) groups excluding carboxylic acids is 2. The van der Waals surface area contributed by atoms with E-state index >= 15 is 0 Å². The molecule has 0 unspecified atom stereocenters. The van der Waals surface area contributed by atoms with Crippen molar-refractivity contribution in [1.82, 2.24) is 5.32 Å². The minimum Gasteiger partial charge on any atom is -0.481 e. The monoisotopic (exact) mass is 215 g/mol. The van der Waals surface area contributed by atoms with Crippen molar-refractivity contribution in [3.8, 4) is 0 Å². The summed E-state index contributed by atoms with van der Waals surface area (Å²) in [6, 6.07) is -1.89. The van der Waals surface area contributed by atoms with Crippen molar-refractivity contribution in [2.45, 2.75) is 32.4 Å². The molecule has 0 aliphatic carbocycles. The molecule has 15 heavy (non-hydrogen) atoms. The Morgan fingerprint density at radius 1 is 1.47 bits per heavy atom. The lowest BCUT2D eigenvalue weighted by atomic mass is 10.0. The summed E-state index contributed by atoms with van der Waals surface area (Å²) in [6.07, 6.45) is 0.954. The molecule has 2 atom stereocenters. The highest BCUT2D eigenvalue weighted by atomic mass is 16.4. The zero-order valence-electron chi connectivity index (χ0n) is 8.69. The Kier molecular flexibility index (Phi) is 5.54. The number of nitrogens with two attached hydrogens (primary N) is 1.